The fourth-order valence-electron chi connectivity index (χ4n) is 2.97. The average Bonchev–Trinajstić information content (AvgIpc) is 3.14. The van der Waals surface area contributed by atoms with Gasteiger partial charge < -0.3 is 15.6 Å². The second-order valence-corrected chi connectivity index (χ2v) is 5.89. The number of ether oxygens (including phenoxy) is 1. The van der Waals surface area contributed by atoms with Gasteiger partial charge in [-0.3, -0.25) is 4.90 Å². The van der Waals surface area contributed by atoms with E-state index in [-0.39, 0.29) is 24.3 Å². The molecule has 1 heterocycles. The molecule has 0 amide bonds. The van der Waals surface area contributed by atoms with Crippen molar-refractivity contribution in [3.05, 3.63) is 0 Å². The molecule has 3 unspecified atom stereocenters. The van der Waals surface area contributed by atoms with Crippen molar-refractivity contribution >= 4 is 0 Å². The Labute approximate surface area is 104 Å². The summed E-state index contributed by atoms with van der Waals surface area (Å²) in [6, 6.07) is 0.233. The molecule has 0 radical (unpaired) electrons. The van der Waals surface area contributed by atoms with Crippen LogP contribution >= 0.6 is 0 Å². The number of hydrogen-bond acceptors (Lipinski definition) is 4. The molecule has 0 spiro atoms. The standard InChI is InChI=1S/C13H26N2O2/c1-13(17-2)6-3-7-15(9-13)11(8-16)12(14)10-4-5-10/h10-12,16H,3-9,14H2,1-2H3. The molecule has 3 atom stereocenters. The van der Waals surface area contributed by atoms with Gasteiger partial charge in [-0.15, -0.1) is 0 Å². The van der Waals surface area contributed by atoms with E-state index in [0.717, 1.165) is 25.9 Å². The second kappa shape index (κ2) is 5.22. The van der Waals surface area contributed by atoms with Crippen molar-refractivity contribution in [3.8, 4) is 0 Å². The van der Waals surface area contributed by atoms with Crippen LogP contribution < -0.4 is 5.73 Å². The van der Waals surface area contributed by atoms with E-state index in [1.807, 2.05) is 0 Å². The van der Waals surface area contributed by atoms with Gasteiger partial charge in [0.05, 0.1) is 12.2 Å². The highest BCUT2D eigenvalue weighted by atomic mass is 16.5. The van der Waals surface area contributed by atoms with E-state index >= 15 is 0 Å². The molecule has 0 aromatic carbocycles. The zero-order valence-electron chi connectivity index (χ0n) is 11.1. The zero-order chi connectivity index (χ0) is 12.5. The van der Waals surface area contributed by atoms with Crippen LogP contribution in [0, 0.1) is 5.92 Å². The first-order valence-corrected chi connectivity index (χ1v) is 6.75. The maximum atomic E-state index is 9.61. The number of hydrogen-bond donors (Lipinski definition) is 2. The van der Waals surface area contributed by atoms with E-state index in [1.54, 1.807) is 7.11 Å². The number of methoxy groups -OCH3 is 1. The SMILES string of the molecule is COC1(C)CCCN(C(CO)C(N)C2CC2)C1. The maximum absolute atomic E-state index is 9.61. The van der Waals surface area contributed by atoms with Gasteiger partial charge in [-0.1, -0.05) is 0 Å². The maximum Gasteiger partial charge on any atom is 0.0777 e. The van der Waals surface area contributed by atoms with Crippen molar-refractivity contribution in [1.82, 2.24) is 4.90 Å². The fraction of sp³-hybridized carbons (Fsp3) is 1.00. The highest BCUT2D eigenvalue weighted by molar-refractivity contribution is 4.96. The second-order valence-electron chi connectivity index (χ2n) is 5.89. The quantitative estimate of drug-likeness (QED) is 0.740. The zero-order valence-corrected chi connectivity index (χ0v) is 11.1. The molecule has 100 valence electrons. The van der Waals surface area contributed by atoms with Gasteiger partial charge >= 0.3 is 0 Å². The average molecular weight is 242 g/mol. The number of piperidine rings is 1. The summed E-state index contributed by atoms with van der Waals surface area (Å²) >= 11 is 0. The van der Waals surface area contributed by atoms with Crippen molar-refractivity contribution in [1.29, 1.82) is 0 Å². The van der Waals surface area contributed by atoms with Gasteiger partial charge in [0.15, 0.2) is 0 Å². The molecule has 1 saturated heterocycles. The van der Waals surface area contributed by atoms with Crippen LogP contribution in [0.1, 0.15) is 32.6 Å². The van der Waals surface area contributed by atoms with Crippen LogP contribution in [0.25, 0.3) is 0 Å². The Hall–Kier alpha value is -0.160. The van der Waals surface area contributed by atoms with Gasteiger partial charge in [0, 0.05) is 25.7 Å². The van der Waals surface area contributed by atoms with E-state index < -0.39 is 0 Å². The number of likely N-dealkylation sites (tertiary alicyclic amines) is 1. The fourth-order valence-corrected chi connectivity index (χ4v) is 2.97. The van der Waals surface area contributed by atoms with E-state index in [4.69, 9.17) is 10.5 Å². The highest BCUT2D eigenvalue weighted by Gasteiger charge is 2.40. The predicted molar refractivity (Wildman–Crippen MR) is 67.8 cm³/mol. The normalized spacial score (nSPS) is 34.6. The van der Waals surface area contributed by atoms with Crippen molar-refractivity contribution in [2.45, 2.75) is 50.3 Å². The molecule has 1 saturated carbocycles. The number of nitrogens with zero attached hydrogens (tertiary/aromatic N) is 1. The Morgan fingerprint density at radius 2 is 2.24 bits per heavy atom. The molecular weight excluding hydrogens is 216 g/mol. The molecule has 17 heavy (non-hydrogen) atoms. The molecule has 1 aliphatic carbocycles. The number of aliphatic hydroxyl groups is 1. The first-order valence-electron chi connectivity index (χ1n) is 6.75. The molecule has 0 aromatic rings. The Bertz CT molecular complexity index is 258. The number of aliphatic hydroxyl groups excluding tert-OH is 1. The van der Waals surface area contributed by atoms with E-state index in [1.165, 1.54) is 12.8 Å². The number of nitrogens with two attached hydrogens (primary N) is 1. The number of rotatable bonds is 5. The van der Waals surface area contributed by atoms with Crippen LogP contribution in [0.4, 0.5) is 0 Å². The first-order chi connectivity index (χ1) is 8.09. The third-order valence-corrected chi connectivity index (χ3v) is 4.45. The summed E-state index contributed by atoms with van der Waals surface area (Å²) in [6.45, 7) is 4.23. The van der Waals surface area contributed by atoms with Crippen molar-refractivity contribution in [3.63, 3.8) is 0 Å². The topological polar surface area (TPSA) is 58.7 Å². The third-order valence-electron chi connectivity index (χ3n) is 4.45. The minimum Gasteiger partial charge on any atom is -0.395 e. The molecule has 0 aromatic heterocycles. The van der Waals surface area contributed by atoms with Crippen molar-refractivity contribution in [2.75, 3.05) is 26.8 Å². The van der Waals surface area contributed by atoms with E-state index in [9.17, 15) is 5.11 Å². The van der Waals surface area contributed by atoms with E-state index in [2.05, 4.69) is 11.8 Å². The summed E-state index contributed by atoms with van der Waals surface area (Å²) in [7, 11) is 1.78. The lowest BCUT2D eigenvalue weighted by Crippen LogP contribution is -2.58. The Morgan fingerprint density at radius 1 is 1.53 bits per heavy atom. The third kappa shape index (κ3) is 2.99. The van der Waals surface area contributed by atoms with Crippen LogP contribution in [0.3, 0.4) is 0 Å². The summed E-state index contributed by atoms with van der Waals surface area (Å²) in [5, 5.41) is 9.61. The first kappa shape index (κ1) is 13.3. The molecule has 3 N–H and O–H groups in total. The molecule has 4 heteroatoms. The van der Waals surface area contributed by atoms with Gasteiger partial charge in [-0.25, -0.2) is 0 Å². The summed E-state index contributed by atoms with van der Waals surface area (Å²) in [6.07, 6.45) is 4.68. The molecule has 1 aliphatic heterocycles. The van der Waals surface area contributed by atoms with Crippen LogP contribution in [0.15, 0.2) is 0 Å². The lowest BCUT2D eigenvalue weighted by atomic mass is 9.91. The summed E-state index contributed by atoms with van der Waals surface area (Å²) < 4.78 is 5.60. The minimum absolute atomic E-state index is 0.0745. The lowest BCUT2D eigenvalue weighted by molar-refractivity contribution is -0.0699. The summed E-state index contributed by atoms with van der Waals surface area (Å²) in [4.78, 5) is 2.33. The van der Waals surface area contributed by atoms with Gasteiger partial charge in [-0.05, 0) is 45.1 Å². The Kier molecular flexibility index (Phi) is 4.08. The van der Waals surface area contributed by atoms with Crippen molar-refractivity contribution in [2.24, 2.45) is 11.7 Å². The van der Waals surface area contributed by atoms with Gasteiger partial charge in [0.25, 0.3) is 0 Å². The van der Waals surface area contributed by atoms with Gasteiger partial charge in [-0.2, -0.15) is 0 Å². The molecule has 0 bridgehead atoms. The highest BCUT2D eigenvalue weighted by Crippen LogP contribution is 2.35. The molecular formula is C13H26N2O2. The van der Waals surface area contributed by atoms with E-state index in [0.29, 0.717) is 5.92 Å². The van der Waals surface area contributed by atoms with Gasteiger partial charge in [0.1, 0.15) is 0 Å². The Morgan fingerprint density at radius 3 is 2.76 bits per heavy atom. The largest absolute Gasteiger partial charge is 0.395 e. The Balaban J connectivity index is 1.98. The monoisotopic (exact) mass is 242 g/mol. The molecule has 4 nitrogen and oxygen atoms in total. The molecule has 2 aliphatic rings. The van der Waals surface area contributed by atoms with Crippen LogP contribution in [-0.2, 0) is 4.74 Å². The molecule has 2 fully saturated rings. The van der Waals surface area contributed by atoms with Gasteiger partial charge in [0.2, 0.25) is 0 Å². The van der Waals surface area contributed by atoms with Crippen LogP contribution in [-0.4, -0.2) is 54.5 Å². The lowest BCUT2D eigenvalue weighted by Gasteiger charge is -2.44. The predicted octanol–water partition coefficient (Wildman–Crippen LogP) is 0.586. The summed E-state index contributed by atoms with van der Waals surface area (Å²) in [5.41, 5.74) is 6.18. The van der Waals surface area contributed by atoms with Crippen LogP contribution in [0.5, 0.6) is 0 Å². The minimum atomic E-state index is -0.0745. The van der Waals surface area contributed by atoms with Crippen molar-refractivity contribution < 1.29 is 9.84 Å². The van der Waals surface area contributed by atoms with Crippen LogP contribution in [0.2, 0.25) is 0 Å². The smallest absolute Gasteiger partial charge is 0.0777 e. The molecule has 2 rings (SSSR count). The summed E-state index contributed by atoms with van der Waals surface area (Å²) in [5.74, 6) is 0.628.